The summed E-state index contributed by atoms with van der Waals surface area (Å²) in [5.74, 6) is -1.22. The number of carbonyl (C=O) groups is 1. The molecule has 5 heteroatoms. The Morgan fingerprint density at radius 2 is 2.22 bits per heavy atom. The first-order valence-corrected chi connectivity index (χ1v) is 6.08. The van der Waals surface area contributed by atoms with Gasteiger partial charge in [0, 0.05) is 24.7 Å². The summed E-state index contributed by atoms with van der Waals surface area (Å²) in [5, 5.41) is 3.09. The summed E-state index contributed by atoms with van der Waals surface area (Å²) in [7, 11) is 0. The molecule has 18 heavy (non-hydrogen) atoms. The van der Waals surface area contributed by atoms with Crippen LogP contribution in [0.15, 0.2) is 18.2 Å². The van der Waals surface area contributed by atoms with Gasteiger partial charge in [0.05, 0.1) is 6.04 Å². The number of nitrogens with zero attached hydrogens (tertiary/aromatic N) is 1. The van der Waals surface area contributed by atoms with E-state index in [1.54, 1.807) is 4.90 Å². The average Bonchev–Trinajstić information content (AvgIpc) is 2.66. The molecule has 0 saturated carbocycles. The number of hydrogen-bond donors (Lipinski definition) is 1. The van der Waals surface area contributed by atoms with Crippen molar-refractivity contribution in [2.75, 3.05) is 13.1 Å². The standard InChI is InChI=1S/C13H16F2N2O/c1-2-16-12-5-6-17(13(12)18)8-9-3-4-10(14)7-11(9)15/h3-4,7,12,16H,2,5-6,8H2,1H3. The van der Waals surface area contributed by atoms with Gasteiger partial charge >= 0.3 is 0 Å². The van der Waals surface area contributed by atoms with Crippen LogP contribution in [0.5, 0.6) is 0 Å². The predicted octanol–water partition coefficient (Wildman–Crippen LogP) is 1.68. The van der Waals surface area contributed by atoms with Gasteiger partial charge in [-0.3, -0.25) is 4.79 Å². The minimum absolute atomic E-state index is 0.0134. The SMILES string of the molecule is CCNC1CCN(Cc2ccc(F)cc2F)C1=O. The molecule has 1 saturated heterocycles. The Morgan fingerprint density at radius 3 is 2.89 bits per heavy atom. The van der Waals surface area contributed by atoms with Gasteiger partial charge in [-0.2, -0.15) is 0 Å². The zero-order valence-electron chi connectivity index (χ0n) is 10.2. The lowest BCUT2D eigenvalue weighted by Gasteiger charge is -2.17. The first-order valence-electron chi connectivity index (χ1n) is 6.08. The van der Waals surface area contributed by atoms with E-state index in [-0.39, 0.29) is 18.5 Å². The Balaban J connectivity index is 2.04. The summed E-state index contributed by atoms with van der Waals surface area (Å²) >= 11 is 0. The number of hydrogen-bond acceptors (Lipinski definition) is 2. The molecule has 0 aliphatic carbocycles. The lowest BCUT2D eigenvalue weighted by molar-refractivity contribution is -0.129. The molecule has 0 aromatic heterocycles. The van der Waals surface area contributed by atoms with E-state index in [0.717, 1.165) is 19.0 Å². The lowest BCUT2D eigenvalue weighted by Crippen LogP contribution is -2.37. The second-order valence-corrected chi connectivity index (χ2v) is 4.39. The quantitative estimate of drug-likeness (QED) is 0.886. The van der Waals surface area contributed by atoms with E-state index >= 15 is 0 Å². The Labute approximate surface area is 105 Å². The number of rotatable bonds is 4. The highest BCUT2D eigenvalue weighted by atomic mass is 19.1. The lowest BCUT2D eigenvalue weighted by atomic mass is 10.2. The van der Waals surface area contributed by atoms with Crippen molar-refractivity contribution in [3.63, 3.8) is 0 Å². The van der Waals surface area contributed by atoms with E-state index < -0.39 is 11.6 Å². The second kappa shape index (κ2) is 5.44. The highest BCUT2D eigenvalue weighted by molar-refractivity contribution is 5.83. The summed E-state index contributed by atoms with van der Waals surface area (Å²) in [4.78, 5) is 13.5. The molecule has 1 atom stereocenters. The van der Waals surface area contributed by atoms with Gasteiger partial charge in [0.25, 0.3) is 0 Å². The number of benzene rings is 1. The number of nitrogens with one attached hydrogen (secondary N) is 1. The molecule has 0 bridgehead atoms. The van der Waals surface area contributed by atoms with E-state index in [0.29, 0.717) is 12.1 Å². The van der Waals surface area contributed by atoms with Crippen molar-refractivity contribution in [3.05, 3.63) is 35.4 Å². The Kier molecular flexibility index (Phi) is 3.91. The molecule has 98 valence electrons. The van der Waals surface area contributed by atoms with Gasteiger partial charge in [-0.1, -0.05) is 13.0 Å². The minimum atomic E-state index is -0.602. The van der Waals surface area contributed by atoms with Gasteiger partial charge in [-0.15, -0.1) is 0 Å². The van der Waals surface area contributed by atoms with Crippen LogP contribution in [0.4, 0.5) is 8.78 Å². The van der Waals surface area contributed by atoms with Crippen LogP contribution in [-0.4, -0.2) is 29.9 Å². The third-order valence-corrected chi connectivity index (χ3v) is 3.12. The van der Waals surface area contributed by atoms with Crippen LogP contribution in [0.25, 0.3) is 0 Å². The Bertz CT molecular complexity index is 451. The first kappa shape index (κ1) is 13.0. The molecule has 0 spiro atoms. The van der Waals surface area contributed by atoms with E-state index in [1.165, 1.54) is 12.1 Å². The molecule has 1 aromatic rings. The predicted molar refractivity (Wildman–Crippen MR) is 63.9 cm³/mol. The highest BCUT2D eigenvalue weighted by Gasteiger charge is 2.30. The van der Waals surface area contributed by atoms with Gasteiger partial charge in [0.15, 0.2) is 0 Å². The van der Waals surface area contributed by atoms with Crippen molar-refractivity contribution < 1.29 is 13.6 Å². The summed E-state index contributed by atoms with van der Waals surface area (Å²) in [5.41, 5.74) is 0.349. The maximum absolute atomic E-state index is 13.5. The molecule has 1 aromatic carbocycles. The smallest absolute Gasteiger partial charge is 0.240 e. The van der Waals surface area contributed by atoms with E-state index in [2.05, 4.69) is 5.32 Å². The molecule has 1 amide bonds. The summed E-state index contributed by atoms with van der Waals surface area (Å²) in [6.07, 6.45) is 0.732. The van der Waals surface area contributed by atoms with Crippen LogP contribution < -0.4 is 5.32 Å². The molecule has 2 rings (SSSR count). The molecule has 3 nitrogen and oxygen atoms in total. The van der Waals surface area contributed by atoms with Crippen LogP contribution >= 0.6 is 0 Å². The van der Waals surface area contributed by atoms with Gasteiger partial charge < -0.3 is 10.2 Å². The summed E-state index contributed by atoms with van der Waals surface area (Å²) < 4.78 is 26.3. The van der Waals surface area contributed by atoms with E-state index in [4.69, 9.17) is 0 Å². The fraction of sp³-hybridized carbons (Fsp3) is 0.462. The average molecular weight is 254 g/mol. The van der Waals surface area contributed by atoms with Crippen molar-refractivity contribution in [1.29, 1.82) is 0 Å². The maximum Gasteiger partial charge on any atom is 0.240 e. The van der Waals surface area contributed by atoms with Crippen LogP contribution in [0.3, 0.4) is 0 Å². The molecule has 1 N–H and O–H groups in total. The fourth-order valence-electron chi connectivity index (χ4n) is 2.19. The molecule has 1 aliphatic rings. The maximum atomic E-state index is 13.5. The van der Waals surface area contributed by atoms with Crippen LogP contribution in [0.1, 0.15) is 18.9 Å². The number of likely N-dealkylation sites (N-methyl/N-ethyl adjacent to an activating group) is 1. The normalized spacial score (nSPS) is 19.6. The zero-order chi connectivity index (χ0) is 13.1. The number of carbonyl (C=O) groups excluding carboxylic acids is 1. The van der Waals surface area contributed by atoms with Gasteiger partial charge in [-0.25, -0.2) is 8.78 Å². The molecule has 1 fully saturated rings. The van der Waals surface area contributed by atoms with E-state index in [9.17, 15) is 13.6 Å². The van der Waals surface area contributed by atoms with E-state index in [1.807, 2.05) is 6.92 Å². The highest BCUT2D eigenvalue weighted by Crippen LogP contribution is 2.17. The first-order chi connectivity index (χ1) is 8.61. The van der Waals surface area contributed by atoms with Gasteiger partial charge in [0.2, 0.25) is 5.91 Å². The molecule has 1 aliphatic heterocycles. The molecular weight excluding hydrogens is 238 g/mol. The van der Waals surface area contributed by atoms with Crippen LogP contribution in [0.2, 0.25) is 0 Å². The third kappa shape index (κ3) is 2.67. The van der Waals surface area contributed by atoms with Crippen molar-refractivity contribution in [2.45, 2.75) is 25.9 Å². The molecular formula is C13H16F2N2O. The zero-order valence-corrected chi connectivity index (χ0v) is 10.2. The van der Waals surface area contributed by atoms with Gasteiger partial charge in [-0.05, 0) is 19.0 Å². The molecule has 1 unspecified atom stereocenters. The van der Waals surface area contributed by atoms with Crippen molar-refractivity contribution in [2.24, 2.45) is 0 Å². The van der Waals surface area contributed by atoms with Crippen LogP contribution in [0, 0.1) is 11.6 Å². The van der Waals surface area contributed by atoms with Gasteiger partial charge in [0.1, 0.15) is 11.6 Å². The molecule has 0 radical (unpaired) electrons. The number of amides is 1. The Hall–Kier alpha value is -1.49. The summed E-state index contributed by atoms with van der Waals surface area (Å²) in [6, 6.07) is 3.27. The largest absolute Gasteiger partial charge is 0.337 e. The van der Waals surface area contributed by atoms with Crippen LogP contribution in [-0.2, 0) is 11.3 Å². The van der Waals surface area contributed by atoms with Crippen molar-refractivity contribution in [3.8, 4) is 0 Å². The Morgan fingerprint density at radius 1 is 1.44 bits per heavy atom. The third-order valence-electron chi connectivity index (χ3n) is 3.12. The van der Waals surface area contributed by atoms with Crippen molar-refractivity contribution >= 4 is 5.91 Å². The topological polar surface area (TPSA) is 32.3 Å². The monoisotopic (exact) mass is 254 g/mol. The number of likely N-dealkylation sites (tertiary alicyclic amines) is 1. The second-order valence-electron chi connectivity index (χ2n) is 4.39. The molecule has 1 heterocycles. The summed E-state index contributed by atoms with van der Waals surface area (Å²) in [6.45, 7) is 3.48. The minimum Gasteiger partial charge on any atom is -0.337 e. The fourth-order valence-corrected chi connectivity index (χ4v) is 2.19. The number of halogens is 2. The van der Waals surface area contributed by atoms with Crippen molar-refractivity contribution in [1.82, 2.24) is 10.2 Å².